The summed E-state index contributed by atoms with van der Waals surface area (Å²) in [5.41, 5.74) is 6.62. The molecule has 16 heavy (non-hydrogen) atoms. The average Bonchev–Trinajstić information content (AvgIpc) is 2.28. The van der Waals surface area contributed by atoms with E-state index in [9.17, 15) is 5.11 Å². The zero-order valence-corrected chi connectivity index (χ0v) is 9.58. The molecule has 0 heterocycles. The second kappa shape index (κ2) is 5.01. The van der Waals surface area contributed by atoms with Gasteiger partial charge in [0.15, 0.2) is 0 Å². The number of rotatable bonds is 2. The maximum absolute atomic E-state index is 9.78. The number of fused-ring (bicyclic) bond motifs is 1. The standard InChI is InChI=1S/C13H13NO.ClH/c1-2-11(14)13-10-6-4-3-5-9(10)7-8-12(13)15;/h2-8,11,15H,1,14H2;1H/t11-;/m1./s1. The average molecular weight is 236 g/mol. The van der Waals surface area contributed by atoms with Gasteiger partial charge in [-0.3, -0.25) is 0 Å². The lowest BCUT2D eigenvalue weighted by molar-refractivity contribution is 0.467. The Balaban J connectivity index is 0.00000128. The van der Waals surface area contributed by atoms with Gasteiger partial charge in [0, 0.05) is 5.56 Å². The summed E-state index contributed by atoms with van der Waals surface area (Å²) < 4.78 is 0. The molecule has 3 N–H and O–H groups in total. The van der Waals surface area contributed by atoms with Gasteiger partial charge in [-0.25, -0.2) is 0 Å². The van der Waals surface area contributed by atoms with Gasteiger partial charge in [-0.2, -0.15) is 0 Å². The molecule has 0 radical (unpaired) electrons. The number of aromatic hydroxyl groups is 1. The zero-order valence-electron chi connectivity index (χ0n) is 8.76. The van der Waals surface area contributed by atoms with Crippen molar-refractivity contribution in [1.29, 1.82) is 0 Å². The van der Waals surface area contributed by atoms with Crippen molar-refractivity contribution >= 4 is 23.2 Å². The van der Waals surface area contributed by atoms with Crippen molar-refractivity contribution in [3.63, 3.8) is 0 Å². The minimum absolute atomic E-state index is 0. The van der Waals surface area contributed by atoms with E-state index >= 15 is 0 Å². The number of phenolic OH excluding ortho intramolecular Hbond substituents is 1. The Morgan fingerprint density at radius 3 is 2.56 bits per heavy atom. The molecule has 84 valence electrons. The van der Waals surface area contributed by atoms with Crippen LogP contribution in [-0.4, -0.2) is 5.11 Å². The van der Waals surface area contributed by atoms with Gasteiger partial charge >= 0.3 is 0 Å². The van der Waals surface area contributed by atoms with Crippen LogP contribution in [-0.2, 0) is 0 Å². The van der Waals surface area contributed by atoms with E-state index in [1.165, 1.54) is 0 Å². The molecule has 0 spiro atoms. The summed E-state index contributed by atoms with van der Waals surface area (Å²) in [6.07, 6.45) is 1.63. The quantitative estimate of drug-likeness (QED) is 0.786. The van der Waals surface area contributed by atoms with E-state index in [1.54, 1.807) is 12.1 Å². The SMILES string of the molecule is C=C[C@@H](N)c1c(O)ccc2ccccc12.Cl. The highest BCUT2D eigenvalue weighted by Crippen LogP contribution is 2.31. The lowest BCUT2D eigenvalue weighted by Gasteiger charge is -2.12. The topological polar surface area (TPSA) is 46.2 Å². The normalized spacial score (nSPS) is 11.8. The fourth-order valence-corrected chi connectivity index (χ4v) is 1.75. The van der Waals surface area contributed by atoms with Crippen molar-refractivity contribution < 1.29 is 5.11 Å². The molecule has 2 aromatic carbocycles. The molecule has 0 aliphatic rings. The lowest BCUT2D eigenvalue weighted by Crippen LogP contribution is -2.07. The molecular formula is C13H14ClNO. The first-order valence-electron chi connectivity index (χ1n) is 4.83. The van der Waals surface area contributed by atoms with E-state index in [-0.39, 0.29) is 24.2 Å². The van der Waals surface area contributed by atoms with E-state index < -0.39 is 0 Å². The van der Waals surface area contributed by atoms with Gasteiger partial charge in [0.05, 0.1) is 6.04 Å². The second-order valence-corrected chi connectivity index (χ2v) is 3.48. The summed E-state index contributed by atoms with van der Waals surface area (Å²) in [6.45, 7) is 3.65. The van der Waals surface area contributed by atoms with Crippen molar-refractivity contribution in [2.24, 2.45) is 5.73 Å². The van der Waals surface area contributed by atoms with E-state index in [1.807, 2.05) is 30.3 Å². The van der Waals surface area contributed by atoms with Crippen LogP contribution in [0.5, 0.6) is 5.75 Å². The molecule has 0 bridgehead atoms. The molecule has 3 heteroatoms. The Kier molecular flexibility index (Phi) is 3.93. The molecule has 1 atom stereocenters. The van der Waals surface area contributed by atoms with Gasteiger partial charge < -0.3 is 10.8 Å². The number of benzene rings is 2. The van der Waals surface area contributed by atoms with Crippen molar-refractivity contribution in [2.75, 3.05) is 0 Å². The molecule has 0 saturated carbocycles. The summed E-state index contributed by atoms with van der Waals surface area (Å²) in [5, 5.41) is 11.8. The van der Waals surface area contributed by atoms with Gasteiger partial charge in [-0.05, 0) is 16.8 Å². The Morgan fingerprint density at radius 1 is 1.19 bits per heavy atom. The summed E-state index contributed by atoms with van der Waals surface area (Å²) in [7, 11) is 0. The maximum Gasteiger partial charge on any atom is 0.121 e. The molecule has 0 fully saturated rings. The van der Waals surface area contributed by atoms with Crippen LogP contribution in [0, 0.1) is 0 Å². The molecular weight excluding hydrogens is 222 g/mol. The molecule has 0 aliphatic carbocycles. The van der Waals surface area contributed by atoms with Crippen molar-refractivity contribution in [3.8, 4) is 5.75 Å². The highest BCUT2D eigenvalue weighted by Gasteiger charge is 2.11. The lowest BCUT2D eigenvalue weighted by atomic mass is 9.98. The summed E-state index contributed by atoms with van der Waals surface area (Å²) >= 11 is 0. The van der Waals surface area contributed by atoms with E-state index in [0.717, 1.165) is 16.3 Å². The third kappa shape index (κ3) is 2.03. The number of hydrogen-bond acceptors (Lipinski definition) is 2. The third-order valence-corrected chi connectivity index (χ3v) is 2.53. The number of halogens is 1. The Bertz CT molecular complexity index is 510. The summed E-state index contributed by atoms with van der Waals surface area (Å²) in [5.74, 6) is 0.223. The van der Waals surface area contributed by atoms with Crippen LogP contribution < -0.4 is 5.73 Å². The van der Waals surface area contributed by atoms with Crippen LogP contribution in [0.2, 0.25) is 0 Å². The molecule has 0 aromatic heterocycles. The molecule has 0 amide bonds. The number of hydrogen-bond donors (Lipinski definition) is 2. The van der Waals surface area contributed by atoms with E-state index in [2.05, 4.69) is 6.58 Å². The predicted octanol–water partition coefficient (Wildman–Crippen LogP) is 3.15. The molecule has 2 rings (SSSR count). The summed E-state index contributed by atoms with van der Waals surface area (Å²) in [6, 6.07) is 11.0. The largest absolute Gasteiger partial charge is 0.508 e. The Labute approximate surface area is 101 Å². The molecule has 0 unspecified atom stereocenters. The fraction of sp³-hybridized carbons (Fsp3) is 0.0769. The van der Waals surface area contributed by atoms with Crippen LogP contribution in [0.1, 0.15) is 11.6 Å². The van der Waals surface area contributed by atoms with Crippen LogP contribution in [0.25, 0.3) is 10.8 Å². The Hall–Kier alpha value is -1.51. The van der Waals surface area contributed by atoms with Gasteiger partial charge in [0.25, 0.3) is 0 Å². The van der Waals surface area contributed by atoms with Crippen LogP contribution in [0.4, 0.5) is 0 Å². The molecule has 0 aliphatic heterocycles. The minimum Gasteiger partial charge on any atom is -0.508 e. The van der Waals surface area contributed by atoms with Crippen LogP contribution >= 0.6 is 12.4 Å². The predicted molar refractivity (Wildman–Crippen MR) is 70.0 cm³/mol. The minimum atomic E-state index is -0.337. The first-order valence-corrected chi connectivity index (χ1v) is 4.83. The van der Waals surface area contributed by atoms with Crippen molar-refractivity contribution in [2.45, 2.75) is 6.04 Å². The number of nitrogens with two attached hydrogens (primary N) is 1. The van der Waals surface area contributed by atoms with Crippen molar-refractivity contribution in [3.05, 3.63) is 54.6 Å². The van der Waals surface area contributed by atoms with Crippen molar-refractivity contribution in [1.82, 2.24) is 0 Å². The molecule has 2 aromatic rings. The van der Waals surface area contributed by atoms with Gasteiger partial charge in [-0.15, -0.1) is 19.0 Å². The van der Waals surface area contributed by atoms with E-state index in [0.29, 0.717) is 0 Å². The van der Waals surface area contributed by atoms with Crippen LogP contribution in [0.15, 0.2) is 49.1 Å². The third-order valence-electron chi connectivity index (χ3n) is 2.53. The van der Waals surface area contributed by atoms with E-state index in [4.69, 9.17) is 5.73 Å². The highest BCUT2D eigenvalue weighted by atomic mass is 35.5. The number of phenols is 1. The Morgan fingerprint density at radius 2 is 1.88 bits per heavy atom. The first-order chi connectivity index (χ1) is 7.24. The molecule has 2 nitrogen and oxygen atoms in total. The molecule has 0 saturated heterocycles. The first kappa shape index (κ1) is 12.6. The van der Waals surface area contributed by atoms with Gasteiger partial charge in [0.1, 0.15) is 5.75 Å². The van der Waals surface area contributed by atoms with Gasteiger partial charge in [0.2, 0.25) is 0 Å². The fourth-order valence-electron chi connectivity index (χ4n) is 1.75. The monoisotopic (exact) mass is 235 g/mol. The second-order valence-electron chi connectivity index (χ2n) is 3.48. The summed E-state index contributed by atoms with van der Waals surface area (Å²) in [4.78, 5) is 0. The maximum atomic E-state index is 9.78. The zero-order chi connectivity index (χ0) is 10.8. The van der Waals surface area contributed by atoms with Gasteiger partial charge in [-0.1, -0.05) is 36.4 Å². The van der Waals surface area contributed by atoms with Crippen LogP contribution in [0.3, 0.4) is 0 Å². The highest BCUT2D eigenvalue weighted by molar-refractivity contribution is 5.88. The smallest absolute Gasteiger partial charge is 0.121 e.